The van der Waals surface area contributed by atoms with Gasteiger partial charge in [0, 0.05) is 18.3 Å². The minimum Gasteiger partial charge on any atom is -0.365 e. The Balaban J connectivity index is 1.83. The third kappa shape index (κ3) is 2.87. The Labute approximate surface area is 129 Å². The first-order valence-electron chi connectivity index (χ1n) is 6.43. The quantitative estimate of drug-likeness (QED) is 0.437. The molecule has 0 aliphatic rings. The number of halogens is 2. The van der Waals surface area contributed by atoms with E-state index < -0.39 is 12.1 Å². The molecule has 0 aliphatic carbocycles. The van der Waals surface area contributed by atoms with Crippen molar-refractivity contribution in [2.75, 3.05) is 5.32 Å². The molecule has 2 aromatic heterocycles. The Morgan fingerprint density at radius 2 is 1.95 bits per heavy atom. The smallest absolute Gasteiger partial charge is 0.226 e. The summed E-state index contributed by atoms with van der Waals surface area (Å²) in [4.78, 5) is 10.6. The van der Waals surface area contributed by atoms with Gasteiger partial charge < -0.3 is 20.5 Å². The van der Waals surface area contributed by atoms with Gasteiger partial charge in [-0.25, -0.2) is 4.39 Å². The summed E-state index contributed by atoms with van der Waals surface area (Å²) >= 11 is 5.81. The highest BCUT2D eigenvalue weighted by Gasteiger charge is 2.13. The lowest BCUT2D eigenvalue weighted by Crippen LogP contribution is -2.04. The molecular weight excluding hydrogens is 311 g/mol. The van der Waals surface area contributed by atoms with Crippen LogP contribution in [0.4, 0.5) is 10.2 Å². The second-order valence-electron chi connectivity index (χ2n) is 4.67. The van der Waals surface area contributed by atoms with Gasteiger partial charge in [-0.15, -0.1) is 0 Å². The van der Waals surface area contributed by atoms with E-state index in [-0.39, 0.29) is 10.7 Å². The molecule has 22 heavy (non-hydrogen) atoms. The molecule has 2 heterocycles. The predicted octanol–water partition coefficient (Wildman–Crippen LogP) is 2.35. The molecule has 3 rings (SSSR count). The van der Waals surface area contributed by atoms with Crippen LogP contribution in [0.5, 0.6) is 0 Å². The van der Waals surface area contributed by atoms with Gasteiger partial charge in [-0.05, 0) is 17.2 Å². The average Bonchev–Trinajstić information content (AvgIpc) is 2.86. The molecule has 0 bridgehead atoms. The van der Waals surface area contributed by atoms with Gasteiger partial charge in [-0.1, -0.05) is 24.3 Å². The number of aliphatic hydroxyl groups excluding tert-OH is 1. The van der Waals surface area contributed by atoms with Gasteiger partial charge in [0.15, 0.2) is 12.1 Å². The Morgan fingerprint density at radius 3 is 2.64 bits per heavy atom. The van der Waals surface area contributed by atoms with Gasteiger partial charge in [0.05, 0.1) is 5.39 Å². The van der Waals surface area contributed by atoms with Crippen molar-refractivity contribution in [1.82, 2.24) is 15.0 Å². The molecule has 1 aromatic carbocycles. The molecule has 0 saturated heterocycles. The molecule has 4 N–H and O–H groups in total. The highest BCUT2D eigenvalue weighted by molar-refractivity contribution is 6.28. The Bertz CT molecular complexity index is 804. The summed E-state index contributed by atoms with van der Waals surface area (Å²) in [6.07, 6.45) is -0.311. The molecule has 6 nitrogen and oxygen atoms in total. The lowest BCUT2D eigenvalue weighted by atomic mass is 10.1. The second kappa shape index (κ2) is 5.88. The van der Waals surface area contributed by atoms with E-state index in [1.165, 1.54) is 6.20 Å². The Hall–Kier alpha value is -2.22. The fourth-order valence-electron chi connectivity index (χ4n) is 2.09. The van der Waals surface area contributed by atoms with Crippen LogP contribution in [0.25, 0.3) is 11.0 Å². The molecule has 0 unspecified atom stereocenters. The van der Waals surface area contributed by atoms with E-state index >= 15 is 0 Å². The molecule has 3 aromatic rings. The van der Waals surface area contributed by atoms with Crippen LogP contribution in [-0.4, -0.2) is 25.2 Å². The molecule has 0 aliphatic heterocycles. The Morgan fingerprint density at radius 1 is 1.23 bits per heavy atom. The van der Waals surface area contributed by atoms with Crippen LogP contribution in [0.3, 0.4) is 0 Å². The first kappa shape index (κ1) is 14.7. The van der Waals surface area contributed by atoms with E-state index in [4.69, 9.17) is 21.8 Å². The second-order valence-corrected chi connectivity index (χ2v) is 5.01. The molecule has 8 heteroatoms. The molecule has 0 spiro atoms. The van der Waals surface area contributed by atoms with Crippen LogP contribution in [0.2, 0.25) is 5.28 Å². The van der Waals surface area contributed by atoms with Crippen molar-refractivity contribution in [2.24, 2.45) is 0 Å². The van der Waals surface area contributed by atoms with Crippen molar-refractivity contribution in [2.45, 2.75) is 12.8 Å². The number of aromatic amines is 1. The number of aliphatic hydroxyl groups is 2. The van der Waals surface area contributed by atoms with E-state index in [9.17, 15) is 4.39 Å². The third-order valence-electron chi connectivity index (χ3n) is 3.19. The normalized spacial score (nSPS) is 11.3. The molecule has 0 amide bonds. The van der Waals surface area contributed by atoms with E-state index in [2.05, 4.69) is 20.3 Å². The van der Waals surface area contributed by atoms with E-state index in [1.54, 1.807) is 24.3 Å². The summed E-state index contributed by atoms with van der Waals surface area (Å²) in [5.41, 5.74) is 1.58. The predicted molar refractivity (Wildman–Crippen MR) is 79.8 cm³/mol. The number of hydrogen-bond donors (Lipinski definition) is 4. The number of hydrogen-bond acceptors (Lipinski definition) is 5. The number of benzene rings is 1. The van der Waals surface area contributed by atoms with Crippen LogP contribution in [0, 0.1) is 5.82 Å². The summed E-state index contributed by atoms with van der Waals surface area (Å²) in [5, 5.41) is 21.3. The zero-order chi connectivity index (χ0) is 15.7. The average molecular weight is 323 g/mol. The first-order chi connectivity index (χ1) is 10.5. The monoisotopic (exact) mass is 322 g/mol. The SMILES string of the molecule is OC(O)c1ccc(CNc2nc(Cl)nc3[nH]cc(F)c23)cc1. The van der Waals surface area contributed by atoms with Crippen LogP contribution in [0.15, 0.2) is 30.5 Å². The zero-order valence-electron chi connectivity index (χ0n) is 11.2. The van der Waals surface area contributed by atoms with Crippen LogP contribution < -0.4 is 5.32 Å². The third-order valence-corrected chi connectivity index (χ3v) is 3.36. The van der Waals surface area contributed by atoms with E-state index in [0.717, 1.165) is 5.56 Å². The molecule has 0 fully saturated rings. The number of H-pyrrole nitrogens is 1. The summed E-state index contributed by atoms with van der Waals surface area (Å²) < 4.78 is 13.8. The molecule has 0 saturated carbocycles. The molecule has 114 valence electrons. The number of anilines is 1. The lowest BCUT2D eigenvalue weighted by molar-refractivity contribution is -0.0424. The number of nitrogens with zero attached hydrogens (tertiary/aromatic N) is 2. The van der Waals surface area contributed by atoms with Crippen LogP contribution >= 0.6 is 11.6 Å². The maximum Gasteiger partial charge on any atom is 0.226 e. The van der Waals surface area contributed by atoms with Gasteiger partial charge in [0.2, 0.25) is 5.28 Å². The Kier molecular flexibility index (Phi) is 3.93. The topological polar surface area (TPSA) is 94.1 Å². The van der Waals surface area contributed by atoms with Gasteiger partial charge in [0.1, 0.15) is 11.5 Å². The fraction of sp³-hybridized carbons (Fsp3) is 0.143. The van der Waals surface area contributed by atoms with Gasteiger partial charge in [-0.3, -0.25) is 0 Å². The summed E-state index contributed by atoms with van der Waals surface area (Å²) in [7, 11) is 0. The van der Waals surface area contributed by atoms with Crippen molar-refractivity contribution >= 4 is 28.5 Å². The zero-order valence-corrected chi connectivity index (χ0v) is 12.0. The van der Waals surface area contributed by atoms with Crippen molar-refractivity contribution in [3.05, 3.63) is 52.7 Å². The van der Waals surface area contributed by atoms with Crippen molar-refractivity contribution < 1.29 is 14.6 Å². The van der Waals surface area contributed by atoms with Gasteiger partial charge in [-0.2, -0.15) is 9.97 Å². The highest BCUT2D eigenvalue weighted by atomic mass is 35.5. The van der Waals surface area contributed by atoms with Crippen LogP contribution in [0.1, 0.15) is 17.4 Å². The minimum atomic E-state index is -1.50. The number of fused-ring (bicyclic) bond motifs is 1. The summed E-state index contributed by atoms with van der Waals surface area (Å²) in [6, 6.07) is 6.66. The van der Waals surface area contributed by atoms with E-state index in [1.807, 2.05) is 0 Å². The van der Waals surface area contributed by atoms with Gasteiger partial charge in [0.25, 0.3) is 0 Å². The fourth-order valence-corrected chi connectivity index (χ4v) is 2.26. The maximum atomic E-state index is 13.8. The molecular formula is C14H12ClFN4O2. The van der Waals surface area contributed by atoms with Crippen molar-refractivity contribution in [3.63, 3.8) is 0 Å². The number of rotatable bonds is 4. The van der Waals surface area contributed by atoms with Gasteiger partial charge >= 0.3 is 0 Å². The largest absolute Gasteiger partial charge is 0.365 e. The van der Waals surface area contributed by atoms with Crippen molar-refractivity contribution in [1.29, 1.82) is 0 Å². The molecule has 0 atom stereocenters. The maximum absolute atomic E-state index is 13.8. The summed E-state index contributed by atoms with van der Waals surface area (Å²) in [5.74, 6) is -0.173. The molecule has 0 radical (unpaired) electrons. The van der Waals surface area contributed by atoms with Crippen molar-refractivity contribution in [3.8, 4) is 0 Å². The van der Waals surface area contributed by atoms with E-state index in [0.29, 0.717) is 23.6 Å². The summed E-state index contributed by atoms with van der Waals surface area (Å²) in [6.45, 7) is 0.370. The minimum absolute atomic E-state index is 0.00982. The number of nitrogens with one attached hydrogen (secondary N) is 2. The lowest BCUT2D eigenvalue weighted by Gasteiger charge is -2.09. The highest BCUT2D eigenvalue weighted by Crippen LogP contribution is 2.24. The van der Waals surface area contributed by atoms with Crippen LogP contribution in [-0.2, 0) is 6.54 Å². The first-order valence-corrected chi connectivity index (χ1v) is 6.81. The standard InChI is InChI=1S/C14H12ClFN4O2/c15-14-19-11(10-9(16)6-18-12(10)20-14)17-5-7-1-3-8(4-2-7)13(21)22/h1-4,6,13,21-22H,5H2,(H2,17,18,19,20). The number of aromatic nitrogens is 3.